The van der Waals surface area contributed by atoms with E-state index in [0.29, 0.717) is 47.3 Å². The van der Waals surface area contributed by atoms with E-state index in [1.165, 1.54) is 10.9 Å². The molecule has 1 heterocycles. The highest BCUT2D eigenvalue weighted by atomic mass is 16.5. The molecule has 0 saturated heterocycles. The summed E-state index contributed by atoms with van der Waals surface area (Å²) in [4.78, 5) is 26.9. The Labute approximate surface area is 214 Å². The maximum atomic E-state index is 12.7. The van der Waals surface area contributed by atoms with E-state index in [-0.39, 0.29) is 5.91 Å². The average molecular weight is 498 g/mol. The highest BCUT2D eigenvalue weighted by Crippen LogP contribution is 2.37. The molecule has 0 atom stereocenters. The van der Waals surface area contributed by atoms with Gasteiger partial charge in [0.2, 0.25) is 5.91 Å². The SMILES string of the molecule is CCOc1cc(NC(=O)c2ccccc2)c(OCC)cc1NC(=O)/C=C/c1cnn(-c2ccccc2)n1. The van der Waals surface area contributed by atoms with Crippen molar-refractivity contribution in [1.82, 2.24) is 15.0 Å². The molecule has 0 bridgehead atoms. The fourth-order valence-corrected chi connectivity index (χ4v) is 3.46. The molecule has 4 aromatic rings. The van der Waals surface area contributed by atoms with Crippen LogP contribution in [0.25, 0.3) is 11.8 Å². The lowest BCUT2D eigenvalue weighted by Crippen LogP contribution is -2.14. The summed E-state index contributed by atoms with van der Waals surface area (Å²) in [5, 5.41) is 14.3. The number of ether oxygens (including phenoxy) is 2. The molecule has 3 aromatic carbocycles. The van der Waals surface area contributed by atoms with Crippen molar-refractivity contribution in [2.75, 3.05) is 23.8 Å². The van der Waals surface area contributed by atoms with Crippen LogP contribution in [0, 0.1) is 0 Å². The molecule has 9 heteroatoms. The van der Waals surface area contributed by atoms with E-state index in [1.54, 1.807) is 48.7 Å². The second kappa shape index (κ2) is 12.2. The molecule has 0 aliphatic rings. The molecule has 188 valence electrons. The van der Waals surface area contributed by atoms with Gasteiger partial charge in [-0.05, 0) is 44.2 Å². The number of hydrogen-bond acceptors (Lipinski definition) is 6. The first kappa shape index (κ1) is 25.2. The molecule has 0 radical (unpaired) electrons. The first-order valence-electron chi connectivity index (χ1n) is 11.8. The van der Waals surface area contributed by atoms with E-state index in [0.717, 1.165) is 5.69 Å². The van der Waals surface area contributed by atoms with Crippen molar-refractivity contribution >= 4 is 29.3 Å². The molecule has 0 spiro atoms. The van der Waals surface area contributed by atoms with Crippen molar-refractivity contribution in [3.05, 3.63) is 96.3 Å². The van der Waals surface area contributed by atoms with Crippen molar-refractivity contribution in [3.8, 4) is 17.2 Å². The molecular formula is C28H27N5O4. The number of benzene rings is 3. The predicted octanol–water partition coefficient (Wildman–Crippen LogP) is 4.97. The van der Waals surface area contributed by atoms with E-state index in [4.69, 9.17) is 9.47 Å². The Hall–Kier alpha value is -4.92. The van der Waals surface area contributed by atoms with Gasteiger partial charge in [0.25, 0.3) is 5.91 Å². The molecule has 0 saturated carbocycles. The lowest BCUT2D eigenvalue weighted by molar-refractivity contribution is -0.111. The standard InChI is InChI=1S/C28H27N5O4/c1-3-36-25-18-24(31-28(35)20-11-7-5-8-12-20)26(37-4-2)17-23(25)30-27(34)16-15-21-19-29-33(32-21)22-13-9-6-10-14-22/h5-19H,3-4H2,1-2H3,(H,30,34)(H,31,35)/b16-15+. The third-order valence-electron chi connectivity index (χ3n) is 5.13. The number of aromatic nitrogens is 3. The van der Waals surface area contributed by atoms with Gasteiger partial charge < -0.3 is 20.1 Å². The smallest absolute Gasteiger partial charge is 0.255 e. The third kappa shape index (κ3) is 6.61. The van der Waals surface area contributed by atoms with Crippen molar-refractivity contribution in [2.24, 2.45) is 0 Å². The summed E-state index contributed by atoms with van der Waals surface area (Å²) in [7, 11) is 0. The zero-order valence-corrected chi connectivity index (χ0v) is 20.5. The lowest BCUT2D eigenvalue weighted by Gasteiger charge is -2.17. The Morgan fingerprint density at radius 2 is 1.46 bits per heavy atom. The monoisotopic (exact) mass is 497 g/mol. The van der Waals surface area contributed by atoms with Gasteiger partial charge in [-0.2, -0.15) is 9.90 Å². The number of carbonyl (C=O) groups excluding carboxylic acids is 2. The number of rotatable bonds is 10. The number of anilines is 2. The Morgan fingerprint density at radius 1 is 0.865 bits per heavy atom. The van der Waals surface area contributed by atoms with Gasteiger partial charge in [0, 0.05) is 23.8 Å². The van der Waals surface area contributed by atoms with Crippen LogP contribution in [0.4, 0.5) is 11.4 Å². The molecule has 2 N–H and O–H groups in total. The van der Waals surface area contributed by atoms with E-state index in [9.17, 15) is 9.59 Å². The van der Waals surface area contributed by atoms with Gasteiger partial charge in [0.15, 0.2) is 0 Å². The van der Waals surface area contributed by atoms with Gasteiger partial charge >= 0.3 is 0 Å². The van der Waals surface area contributed by atoms with E-state index < -0.39 is 5.91 Å². The fourth-order valence-electron chi connectivity index (χ4n) is 3.46. The van der Waals surface area contributed by atoms with Crippen molar-refractivity contribution in [3.63, 3.8) is 0 Å². The molecule has 0 unspecified atom stereocenters. The molecule has 4 rings (SSSR count). The second-order valence-corrected chi connectivity index (χ2v) is 7.75. The van der Waals surface area contributed by atoms with Crippen LogP contribution in [0.1, 0.15) is 29.9 Å². The number of carbonyl (C=O) groups is 2. The van der Waals surface area contributed by atoms with Crippen molar-refractivity contribution in [2.45, 2.75) is 13.8 Å². The van der Waals surface area contributed by atoms with Crippen molar-refractivity contribution in [1.29, 1.82) is 0 Å². The number of hydrogen-bond donors (Lipinski definition) is 2. The van der Waals surface area contributed by atoms with Crippen LogP contribution in [0.15, 0.2) is 85.1 Å². The molecule has 37 heavy (non-hydrogen) atoms. The quantitative estimate of drug-likeness (QED) is 0.300. The summed E-state index contributed by atoms with van der Waals surface area (Å²) in [6.45, 7) is 4.40. The molecule has 0 aliphatic heterocycles. The van der Waals surface area contributed by atoms with Gasteiger partial charge in [0.1, 0.15) is 17.2 Å². The Balaban J connectivity index is 1.52. The molecular weight excluding hydrogens is 470 g/mol. The molecule has 9 nitrogen and oxygen atoms in total. The number of para-hydroxylation sites is 1. The zero-order valence-electron chi connectivity index (χ0n) is 20.5. The average Bonchev–Trinajstić information content (AvgIpc) is 3.40. The highest BCUT2D eigenvalue weighted by molar-refractivity contribution is 6.06. The van der Waals surface area contributed by atoms with Crippen LogP contribution < -0.4 is 20.1 Å². The maximum Gasteiger partial charge on any atom is 0.255 e. The topological polar surface area (TPSA) is 107 Å². The molecule has 2 amide bonds. The molecule has 0 aliphatic carbocycles. The van der Waals surface area contributed by atoms with Crippen LogP contribution in [-0.2, 0) is 4.79 Å². The minimum absolute atomic E-state index is 0.285. The number of amides is 2. The zero-order chi connectivity index (χ0) is 26.0. The number of nitrogens with zero attached hydrogens (tertiary/aromatic N) is 3. The minimum Gasteiger partial charge on any atom is -0.492 e. The maximum absolute atomic E-state index is 12.7. The summed E-state index contributed by atoms with van der Waals surface area (Å²) in [6, 6.07) is 21.6. The van der Waals surface area contributed by atoms with E-state index in [1.807, 2.05) is 50.2 Å². The van der Waals surface area contributed by atoms with Crippen LogP contribution in [0.3, 0.4) is 0 Å². The van der Waals surface area contributed by atoms with E-state index >= 15 is 0 Å². The van der Waals surface area contributed by atoms with Gasteiger partial charge in [-0.1, -0.05) is 36.4 Å². The number of nitrogens with one attached hydrogen (secondary N) is 2. The predicted molar refractivity (Wildman–Crippen MR) is 142 cm³/mol. The van der Waals surface area contributed by atoms with Crippen LogP contribution >= 0.6 is 0 Å². The van der Waals surface area contributed by atoms with Crippen molar-refractivity contribution < 1.29 is 19.1 Å². The molecule has 1 aromatic heterocycles. The Morgan fingerprint density at radius 3 is 2.08 bits per heavy atom. The Bertz CT molecular complexity index is 1380. The third-order valence-corrected chi connectivity index (χ3v) is 5.13. The Kier molecular flexibility index (Phi) is 8.28. The molecule has 0 fully saturated rings. The van der Waals surface area contributed by atoms with Gasteiger partial charge in [-0.25, -0.2) is 0 Å². The minimum atomic E-state index is -0.390. The van der Waals surface area contributed by atoms with Crippen LogP contribution in [0.5, 0.6) is 11.5 Å². The van der Waals surface area contributed by atoms with Gasteiger partial charge in [0.05, 0.1) is 36.5 Å². The first-order valence-corrected chi connectivity index (χ1v) is 11.8. The summed E-state index contributed by atoms with van der Waals surface area (Å²) >= 11 is 0. The fraction of sp³-hybridized carbons (Fsp3) is 0.143. The highest BCUT2D eigenvalue weighted by Gasteiger charge is 2.16. The first-order chi connectivity index (χ1) is 18.1. The van der Waals surface area contributed by atoms with Crippen LogP contribution in [-0.4, -0.2) is 40.0 Å². The lowest BCUT2D eigenvalue weighted by atomic mass is 10.2. The second-order valence-electron chi connectivity index (χ2n) is 7.75. The van der Waals surface area contributed by atoms with Crippen LogP contribution in [0.2, 0.25) is 0 Å². The normalized spacial score (nSPS) is 10.8. The summed E-state index contributed by atoms with van der Waals surface area (Å²) in [5.41, 5.74) is 2.69. The van der Waals surface area contributed by atoms with Gasteiger partial charge in [-0.3, -0.25) is 9.59 Å². The summed E-state index contributed by atoms with van der Waals surface area (Å²) in [6.07, 6.45) is 4.50. The van der Waals surface area contributed by atoms with E-state index in [2.05, 4.69) is 20.8 Å². The summed E-state index contributed by atoms with van der Waals surface area (Å²) < 4.78 is 11.5. The van der Waals surface area contributed by atoms with Gasteiger partial charge in [-0.15, -0.1) is 5.10 Å². The summed E-state index contributed by atoms with van der Waals surface area (Å²) in [5.74, 6) is 0.123. The largest absolute Gasteiger partial charge is 0.492 e.